The van der Waals surface area contributed by atoms with Crippen molar-refractivity contribution in [2.75, 3.05) is 16.0 Å². The first-order chi connectivity index (χ1) is 13.4. The van der Waals surface area contributed by atoms with Gasteiger partial charge in [-0.1, -0.05) is 12.1 Å². The van der Waals surface area contributed by atoms with Crippen molar-refractivity contribution in [3.63, 3.8) is 0 Å². The molecular weight excluding hydrogens is 378 g/mol. The summed E-state index contributed by atoms with van der Waals surface area (Å²) < 4.78 is 0. The first-order valence-corrected chi connectivity index (χ1v) is 9.17. The van der Waals surface area contributed by atoms with Crippen LogP contribution >= 0.6 is 11.3 Å². The van der Waals surface area contributed by atoms with E-state index in [0.29, 0.717) is 16.9 Å². The van der Waals surface area contributed by atoms with Crippen LogP contribution in [0.25, 0.3) is 10.4 Å². The lowest BCUT2D eigenvalue weighted by atomic mass is 10.1. The van der Waals surface area contributed by atoms with Gasteiger partial charge in [0, 0.05) is 23.1 Å². The van der Waals surface area contributed by atoms with Crippen LogP contribution < -0.4 is 16.0 Å². The van der Waals surface area contributed by atoms with Gasteiger partial charge in [0.25, 0.3) is 5.91 Å². The highest BCUT2D eigenvalue weighted by atomic mass is 32.1. The van der Waals surface area contributed by atoms with Crippen molar-refractivity contribution in [2.24, 2.45) is 0 Å². The minimum Gasteiger partial charge on any atom is -0.465 e. The third-order valence-electron chi connectivity index (χ3n) is 3.78. The summed E-state index contributed by atoms with van der Waals surface area (Å²) >= 11 is 1.54. The third kappa shape index (κ3) is 4.74. The SMILES string of the molecule is CC(=O)Nc1ccc(C(=O)Nc2cc(-c3cccs3)ccc2NC(=O)O)cc1. The Kier molecular flexibility index (Phi) is 5.71. The number of benzene rings is 2. The third-order valence-corrected chi connectivity index (χ3v) is 4.70. The molecule has 0 fully saturated rings. The summed E-state index contributed by atoms with van der Waals surface area (Å²) in [4.78, 5) is 35.8. The first-order valence-electron chi connectivity index (χ1n) is 8.29. The molecule has 1 heterocycles. The van der Waals surface area contributed by atoms with Gasteiger partial charge < -0.3 is 15.7 Å². The van der Waals surface area contributed by atoms with E-state index in [9.17, 15) is 14.4 Å². The highest BCUT2D eigenvalue weighted by Gasteiger charge is 2.13. The Morgan fingerprint density at radius 3 is 2.25 bits per heavy atom. The predicted octanol–water partition coefficient (Wildman–Crippen LogP) is 4.72. The summed E-state index contributed by atoms with van der Waals surface area (Å²) in [6.45, 7) is 1.40. The molecule has 0 unspecified atom stereocenters. The van der Waals surface area contributed by atoms with Gasteiger partial charge in [0.1, 0.15) is 0 Å². The van der Waals surface area contributed by atoms with E-state index >= 15 is 0 Å². The van der Waals surface area contributed by atoms with E-state index in [1.807, 2.05) is 17.5 Å². The Morgan fingerprint density at radius 2 is 1.64 bits per heavy atom. The zero-order chi connectivity index (χ0) is 20.1. The van der Waals surface area contributed by atoms with Crippen LogP contribution in [0.2, 0.25) is 0 Å². The Bertz CT molecular complexity index is 1010. The molecule has 0 saturated heterocycles. The van der Waals surface area contributed by atoms with Crippen LogP contribution in [-0.2, 0) is 4.79 Å². The van der Waals surface area contributed by atoms with Gasteiger partial charge in [-0.15, -0.1) is 11.3 Å². The fourth-order valence-corrected chi connectivity index (χ4v) is 3.29. The normalized spacial score (nSPS) is 10.2. The Morgan fingerprint density at radius 1 is 0.893 bits per heavy atom. The summed E-state index contributed by atoms with van der Waals surface area (Å²) in [6, 6.07) is 15.4. The number of hydrogen-bond donors (Lipinski definition) is 4. The average Bonchev–Trinajstić information content (AvgIpc) is 3.17. The highest BCUT2D eigenvalue weighted by Crippen LogP contribution is 2.32. The summed E-state index contributed by atoms with van der Waals surface area (Å²) in [5.41, 5.74) is 2.44. The minimum absolute atomic E-state index is 0.202. The second kappa shape index (κ2) is 8.36. The smallest absolute Gasteiger partial charge is 0.409 e. The van der Waals surface area contributed by atoms with Crippen LogP contribution in [0.5, 0.6) is 0 Å². The minimum atomic E-state index is -1.22. The predicted molar refractivity (Wildman–Crippen MR) is 110 cm³/mol. The lowest BCUT2D eigenvalue weighted by Gasteiger charge is -2.13. The molecule has 0 saturated carbocycles. The second-order valence-electron chi connectivity index (χ2n) is 5.88. The van der Waals surface area contributed by atoms with Crippen LogP contribution in [0.3, 0.4) is 0 Å². The molecule has 3 aromatic rings. The molecule has 0 bridgehead atoms. The topological polar surface area (TPSA) is 108 Å². The molecule has 8 heteroatoms. The van der Waals surface area contributed by atoms with Crippen molar-refractivity contribution in [1.29, 1.82) is 0 Å². The monoisotopic (exact) mass is 395 g/mol. The largest absolute Gasteiger partial charge is 0.465 e. The van der Waals surface area contributed by atoms with Gasteiger partial charge in [-0.2, -0.15) is 0 Å². The number of hydrogen-bond acceptors (Lipinski definition) is 4. The van der Waals surface area contributed by atoms with Crippen LogP contribution in [0.15, 0.2) is 60.0 Å². The summed E-state index contributed by atoms with van der Waals surface area (Å²) in [5, 5.41) is 18.6. The maximum absolute atomic E-state index is 12.6. The lowest BCUT2D eigenvalue weighted by Crippen LogP contribution is -2.15. The van der Waals surface area contributed by atoms with E-state index in [1.165, 1.54) is 6.92 Å². The van der Waals surface area contributed by atoms with Gasteiger partial charge in [-0.05, 0) is 53.4 Å². The van der Waals surface area contributed by atoms with Crippen LogP contribution in [0, 0.1) is 0 Å². The van der Waals surface area contributed by atoms with Crippen molar-refractivity contribution < 1.29 is 19.5 Å². The maximum Gasteiger partial charge on any atom is 0.409 e. The molecule has 1 aromatic heterocycles. The Hall–Kier alpha value is -3.65. The molecule has 0 radical (unpaired) electrons. The van der Waals surface area contributed by atoms with E-state index in [-0.39, 0.29) is 11.6 Å². The Labute approximate surface area is 165 Å². The first kappa shape index (κ1) is 19.1. The molecule has 3 amide bonds. The fraction of sp³-hybridized carbons (Fsp3) is 0.0500. The van der Waals surface area contributed by atoms with Gasteiger partial charge in [0.05, 0.1) is 11.4 Å². The van der Waals surface area contributed by atoms with Gasteiger partial charge >= 0.3 is 6.09 Å². The van der Waals surface area contributed by atoms with Gasteiger partial charge in [0.15, 0.2) is 0 Å². The van der Waals surface area contributed by atoms with Crippen molar-refractivity contribution in [1.82, 2.24) is 0 Å². The van der Waals surface area contributed by atoms with Crippen LogP contribution in [0.1, 0.15) is 17.3 Å². The van der Waals surface area contributed by atoms with E-state index in [4.69, 9.17) is 5.11 Å². The highest BCUT2D eigenvalue weighted by molar-refractivity contribution is 7.13. The number of thiophene rings is 1. The molecular formula is C20H17N3O4S. The molecule has 28 heavy (non-hydrogen) atoms. The van der Waals surface area contributed by atoms with E-state index in [2.05, 4.69) is 16.0 Å². The van der Waals surface area contributed by atoms with Crippen molar-refractivity contribution >= 4 is 46.3 Å². The zero-order valence-electron chi connectivity index (χ0n) is 14.9. The van der Waals surface area contributed by atoms with Crippen molar-refractivity contribution in [2.45, 2.75) is 6.92 Å². The fourth-order valence-electron chi connectivity index (χ4n) is 2.57. The van der Waals surface area contributed by atoms with Crippen molar-refractivity contribution in [3.8, 4) is 10.4 Å². The number of anilines is 3. The van der Waals surface area contributed by atoms with Crippen LogP contribution in [-0.4, -0.2) is 23.0 Å². The number of carbonyl (C=O) groups excluding carboxylic acids is 2. The average molecular weight is 395 g/mol. The van der Waals surface area contributed by atoms with Gasteiger partial charge in [-0.3, -0.25) is 14.9 Å². The molecule has 0 atom stereocenters. The number of amides is 3. The molecule has 4 N–H and O–H groups in total. The standard InChI is InChI=1S/C20H17N3O4S/c1-12(24)21-15-7-4-13(5-8-15)19(25)22-17-11-14(18-3-2-10-28-18)6-9-16(17)23-20(26)27/h2-11,23H,1H3,(H,21,24)(H,22,25)(H,26,27). The maximum atomic E-state index is 12.6. The van der Waals surface area contributed by atoms with Crippen LogP contribution in [0.4, 0.5) is 21.9 Å². The number of nitrogens with one attached hydrogen (secondary N) is 3. The summed E-state index contributed by atoms with van der Waals surface area (Å²) in [5.74, 6) is -0.599. The molecule has 3 rings (SSSR count). The second-order valence-corrected chi connectivity index (χ2v) is 6.83. The summed E-state index contributed by atoms with van der Waals surface area (Å²) in [7, 11) is 0. The van der Waals surface area contributed by atoms with Gasteiger partial charge in [0.2, 0.25) is 5.91 Å². The van der Waals surface area contributed by atoms with Gasteiger partial charge in [-0.25, -0.2) is 4.79 Å². The lowest BCUT2D eigenvalue weighted by molar-refractivity contribution is -0.114. The molecule has 2 aromatic carbocycles. The number of carbonyl (C=O) groups is 3. The number of carboxylic acid groups (broad SMARTS) is 1. The van der Waals surface area contributed by atoms with E-state index in [0.717, 1.165) is 10.4 Å². The molecule has 0 aliphatic heterocycles. The van der Waals surface area contributed by atoms with E-state index < -0.39 is 12.0 Å². The molecule has 142 valence electrons. The molecule has 7 nitrogen and oxygen atoms in total. The van der Waals surface area contributed by atoms with E-state index in [1.54, 1.807) is 53.8 Å². The summed E-state index contributed by atoms with van der Waals surface area (Å²) in [6.07, 6.45) is -1.22. The molecule has 0 aliphatic rings. The molecule has 0 spiro atoms. The Balaban J connectivity index is 1.86. The molecule has 0 aliphatic carbocycles. The quantitative estimate of drug-likeness (QED) is 0.501. The zero-order valence-corrected chi connectivity index (χ0v) is 15.7. The number of rotatable bonds is 5. The van der Waals surface area contributed by atoms with Crippen molar-refractivity contribution in [3.05, 3.63) is 65.5 Å².